The summed E-state index contributed by atoms with van der Waals surface area (Å²) in [5.41, 5.74) is 3.67. The molecule has 22 heavy (non-hydrogen) atoms. The Kier molecular flexibility index (Phi) is 5.90. The zero-order valence-electron chi connectivity index (χ0n) is 13.7. The molecule has 0 fully saturated rings. The van der Waals surface area contributed by atoms with Crippen molar-refractivity contribution in [1.82, 2.24) is 4.98 Å². The van der Waals surface area contributed by atoms with Crippen LogP contribution < -0.4 is 0 Å². The first-order valence-corrected chi connectivity index (χ1v) is 8.96. The maximum Gasteiger partial charge on any atom is 0.179 e. The molecule has 2 rings (SSSR count). The molecule has 0 spiro atoms. The van der Waals surface area contributed by atoms with E-state index in [0.717, 1.165) is 23.6 Å². The minimum absolute atomic E-state index is 0.208. The molecule has 1 heterocycles. The van der Waals surface area contributed by atoms with Gasteiger partial charge in [0, 0.05) is 18.4 Å². The zero-order chi connectivity index (χ0) is 16.0. The maximum absolute atomic E-state index is 11.8. The van der Waals surface area contributed by atoms with Crippen molar-refractivity contribution in [3.05, 3.63) is 59.4 Å². The molecule has 0 aliphatic carbocycles. The average Bonchev–Trinajstić information content (AvgIpc) is 3.00. The lowest BCUT2D eigenvalue weighted by molar-refractivity contribution is 0.0978. The van der Waals surface area contributed by atoms with Crippen LogP contribution in [-0.4, -0.2) is 16.5 Å². The van der Waals surface area contributed by atoms with Gasteiger partial charge in [0.25, 0.3) is 0 Å². The lowest BCUT2D eigenvalue weighted by atomic mass is 9.87. The van der Waals surface area contributed by atoms with Crippen LogP contribution in [0.1, 0.15) is 55.2 Å². The van der Waals surface area contributed by atoms with Crippen LogP contribution in [0.5, 0.6) is 0 Å². The zero-order valence-corrected chi connectivity index (χ0v) is 14.5. The molecule has 3 heteroatoms. The molecule has 2 nitrogen and oxygen atoms in total. The molecular weight excluding hydrogens is 290 g/mol. The number of nitrogens with one attached hydrogen (secondary N) is 1. The summed E-state index contributed by atoms with van der Waals surface area (Å²) in [6.07, 6.45) is 3.35. The smallest absolute Gasteiger partial charge is 0.179 e. The quantitative estimate of drug-likeness (QED) is 0.562. The second-order valence-electron chi connectivity index (χ2n) is 6.61. The van der Waals surface area contributed by atoms with Gasteiger partial charge in [-0.25, -0.2) is 0 Å². The Balaban J connectivity index is 1.67. The number of hydrogen-bond acceptors (Lipinski definition) is 2. The number of aromatic amines is 1. The first-order valence-electron chi connectivity index (χ1n) is 7.80. The summed E-state index contributed by atoms with van der Waals surface area (Å²) in [5.74, 6) is 2.24. The van der Waals surface area contributed by atoms with E-state index in [4.69, 9.17) is 0 Å². The maximum atomic E-state index is 11.8. The summed E-state index contributed by atoms with van der Waals surface area (Å²) in [6, 6.07) is 12.6. The highest BCUT2D eigenvalue weighted by atomic mass is 32.2. The predicted octanol–water partition coefficient (Wildman–Crippen LogP) is 5.21. The van der Waals surface area contributed by atoms with E-state index in [1.807, 2.05) is 23.9 Å². The van der Waals surface area contributed by atoms with Gasteiger partial charge in [-0.3, -0.25) is 4.79 Å². The molecule has 1 aromatic carbocycles. The minimum Gasteiger partial charge on any atom is -0.359 e. The average molecular weight is 315 g/mol. The van der Waals surface area contributed by atoms with Gasteiger partial charge in [-0.2, -0.15) is 11.8 Å². The Labute approximate surface area is 137 Å². The Morgan fingerprint density at radius 2 is 1.86 bits per heavy atom. The number of Topliss-reactive ketones (excluding diaryl/α,β-unsaturated/α-hetero) is 1. The molecule has 1 aromatic heterocycles. The van der Waals surface area contributed by atoms with Crippen molar-refractivity contribution in [1.29, 1.82) is 0 Å². The molecule has 0 atom stereocenters. The molecule has 0 aliphatic rings. The van der Waals surface area contributed by atoms with Gasteiger partial charge in [-0.15, -0.1) is 0 Å². The Hall–Kier alpha value is -1.48. The number of rotatable bonds is 7. The molecule has 0 saturated carbocycles. The molecule has 118 valence electrons. The summed E-state index contributed by atoms with van der Waals surface area (Å²) < 4.78 is 0. The van der Waals surface area contributed by atoms with Crippen molar-refractivity contribution >= 4 is 17.5 Å². The number of aromatic nitrogens is 1. The standard InChI is InChI=1S/C19H25NOS/c1-19(2,3)16-10-8-15(9-11-16)14-22-13-5-7-18(21)17-6-4-12-20-17/h4,6,8-12,20H,5,7,13-14H2,1-3H3. The van der Waals surface area contributed by atoms with Crippen LogP contribution in [0.3, 0.4) is 0 Å². The van der Waals surface area contributed by atoms with Gasteiger partial charge in [0.2, 0.25) is 0 Å². The highest BCUT2D eigenvalue weighted by molar-refractivity contribution is 7.98. The Bertz CT molecular complexity index is 579. The predicted molar refractivity (Wildman–Crippen MR) is 95.7 cm³/mol. The molecule has 0 amide bonds. The van der Waals surface area contributed by atoms with E-state index in [0.29, 0.717) is 6.42 Å². The number of H-pyrrole nitrogens is 1. The van der Waals surface area contributed by atoms with Gasteiger partial charge in [0.05, 0.1) is 5.69 Å². The molecule has 2 aromatic rings. The molecule has 0 bridgehead atoms. The number of benzene rings is 1. The van der Waals surface area contributed by atoms with Gasteiger partial charge in [-0.05, 0) is 40.8 Å². The van der Waals surface area contributed by atoms with E-state index in [1.54, 1.807) is 6.20 Å². The summed E-state index contributed by atoms with van der Waals surface area (Å²) in [7, 11) is 0. The highest BCUT2D eigenvalue weighted by Gasteiger charge is 2.12. The van der Waals surface area contributed by atoms with Crippen molar-refractivity contribution in [3.63, 3.8) is 0 Å². The number of ketones is 1. The molecule has 1 N–H and O–H groups in total. The highest BCUT2D eigenvalue weighted by Crippen LogP contribution is 2.23. The third-order valence-electron chi connectivity index (χ3n) is 3.68. The molecule has 0 aliphatic heterocycles. The van der Waals surface area contributed by atoms with Gasteiger partial charge < -0.3 is 4.98 Å². The minimum atomic E-state index is 0.208. The van der Waals surface area contributed by atoms with Gasteiger partial charge in [-0.1, -0.05) is 45.0 Å². The van der Waals surface area contributed by atoms with Crippen molar-refractivity contribution in [3.8, 4) is 0 Å². The lowest BCUT2D eigenvalue weighted by Gasteiger charge is -2.19. The number of carbonyl (C=O) groups is 1. The van der Waals surface area contributed by atoms with Crippen molar-refractivity contribution in [2.24, 2.45) is 0 Å². The largest absolute Gasteiger partial charge is 0.359 e. The van der Waals surface area contributed by atoms with E-state index < -0.39 is 0 Å². The summed E-state index contributed by atoms with van der Waals surface area (Å²) in [6.45, 7) is 6.70. The van der Waals surface area contributed by atoms with Crippen molar-refractivity contribution in [2.45, 2.75) is 44.8 Å². The van der Waals surface area contributed by atoms with Crippen LogP contribution in [0.2, 0.25) is 0 Å². The van der Waals surface area contributed by atoms with Crippen LogP contribution in [-0.2, 0) is 11.2 Å². The second kappa shape index (κ2) is 7.68. The van der Waals surface area contributed by atoms with E-state index >= 15 is 0 Å². The van der Waals surface area contributed by atoms with Crippen molar-refractivity contribution in [2.75, 3.05) is 5.75 Å². The van der Waals surface area contributed by atoms with E-state index in [9.17, 15) is 4.79 Å². The number of thioether (sulfide) groups is 1. The Morgan fingerprint density at radius 3 is 2.45 bits per heavy atom. The SMILES string of the molecule is CC(C)(C)c1ccc(CSCCCC(=O)c2ccc[nH]2)cc1. The number of carbonyl (C=O) groups excluding carboxylic acids is 1. The van der Waals surface area contributed by atoms with Crippen LogP contribution in [0.25, 0.3) is 0 Å². The second-order valence-corrected chi connectivity index (χ2v) is 7.72. The fourth-order valence-corrected chi connectivity index (χ4v) is 3.19. The molecule has 0 radical (unpaired) electrons. The van der Waals surface area contributed by atoms with Gasteiger partial charge >= 0.3 is 0 Å². The van der Waals surface area contributed by atoms with Crippen LogP contribution in [0.15, 0.2) is 42.6 Å². The third kappa shape index (κ3) is 5.06. The topological polar surface area (TPSA) is 32.9 Å². The first-order chi connectivity index (χ1) is 10.5. The number of hydrogen-bond donors (Lipinski definition) is 1. The fraction of sp³-hybridized carbons (Fsp3) is 0.421. The van der Waals surface area contributed by atoms with E-state index in [-0.39, 0.29) is 11.2 Å². The summed E-state index contributed by atoms with van der Waals surface area (Å²) in [4.78, 5) is 14.8. The molecule has 0 unspecified atom stereocenters. The first kappa shape index (κ1) is 16.9. The van der Waals surface area contributed by atoms with Crippen LogP contribution >= 0.6 is 11.8 Å². The van der Waals surface area contributed by atoms with Crippen LogP contribution in [0.4, 0.5) is 0 Å². The summed E-state index contributed by atoms with van der Waals surface area (Å²) in [5, 5.41) is 0. The monoisotopic (exact) mass is 315 g/mol. The molecular formula is C19H25NOS. The van der Waals surface area contributed by atoms with Gasteiger partial charge in [0.1, 0.15) is 0 Å². The van der Waals surface area contributed by atoms with E-state index in [2.05, 4.69) is 50.0 Å². The molecule has 0 saturated heterocycles. The summed E-state index contributed by atoms with van der Waals surface area (Å²) >= 11 is 1.90. The Morgan fingerprint density at radius 1 is 1.14 bits per heavy atom. The van der Waals surface area contributed by atoms with Crippen molar-refractivity contribution < 1.29 is 4.79 Å². The fourth-order valence-electron chi connectivity index (χ4n) is 2.26. The normalized spacial score (nSPS) is 11.6. The lowest BCUT2D eigenvalue weighted by Crippen LogP contribution is -2.10. The van der Waals surface area contributed by atoms with Crippen LogP contribution in [0, 0.1) is 0 Å². The van der Waals surface area contributed by atoms with Gasteiger partial charge in [0.15, 0.2) is 5.78 Å². The third-order valence-corrected chi connectivity index (χ3v) is 4.79. The van der Waals surface area contributed by atoms with E-state index in [1.165, 1.54) is 11.1 Å².